The maximum atomic E-state index is 11.9. The van der Waals surface area contributed by atoms with Crippen LogP contribution in [-0.4, -0.2) is 31.0 Å². The molecule has 0 saturated heterocycles. The molecule has 1 aromatic heterocycles. The van der Waals surface area contributed by atoms with Gasteiger partial charge in [0.25, 0.3) is 11.8 Å². The summed E-state index contributed by atoms with van der Waals surface area (Å²) < 4.78 is 10.4. The van der Waals surface area contributed by atoms with Gasteiger partial charge in [0.05, 0.1) is 17.0 Å². The van der Waals surface area contributed by atoms with Gasteiger partial charge in [-0.2, -0.15) is 0 Å². The molecular formula is C18H19NO5S. The molecule has 2 amide bonds. The van der Waals surface area contributed by atoms with Crippen molar-refractivity contribution in [1.29, 1.82) is 0 Å². The Labute approximate surface area is 149 Å². The predicted molar refractivity (Wildman–Crippen MR) is 93.8 cm³/mol. The normalized spacial score (nSPS) is 10.4. The Morgan fingerprint density at radius 2 is 1.84 bits per heavy atom. The number of hydrogen-bond donors (Lipinski definition) is 1. The topological polar surface area (TPSA) is 81.7 Å². The third kappa shape index (κ3) is 6.04. The zero-order valence-corrected chi connectivity index (χ0v) is 14.8. The third-order valence-electron chi connectivity index (χ3n) is 3.01. The highest BCUT2D eigenvalue weighted by atomic mass is 32.1. The second kappa shape index (κ2) is 8.98. The number of carbonyl (C=O) groups is 3. The van der Waals surface area contributed by atoms with Crippen molar-refractivity contribution in [2.24, 2.45) is 5.92 Å². The van der Waals surface area contributed by atoms with E-state index in [0.717, 1.165) is 0 Å². The summed E-state index contributed by atoms with van der Waals surface area (Å²) in [6.45, 7) is 4.14. The first-order valence-electron chi connectivity index (χ1n) is 7.73. The quantitative estimate of drug-likeness (QED) is 0.767. The maximum absolute atomic E-state index is 11.9. The van der Waals surface area contributed by atoms with Gasteiger partial charge in [-0.25, -0.2) is 4.79 Å². The lowest BCUT2D eigenvalue weighted by atomic mass is 10.2. The van der Waals surface area contributed by atoms with Gasteiger partial charge in [-0.05, 0) is 41.6 Å². The van der Waals surface area contributed by atoms with Crippen LogP contribution >= 0.6 is 11.3 Å². The average Bonchev–Trinajstić information content (AvgIpc) is 3.13. The van der Waals surface area contributed by atoms with Gasteiger partial charge in [0.1, 0.15) is 5.75 Å². The number of hydrogen-bond acceptors (Lipinski definition) is 6. The fourth-order valence-electron chi connectivity index (χ4n) is 1.80. The zero-order valence-electron chi connectivity index (χ0n) is 14.0. The van der Waals surface area contributed by atoms with E-state index < -0.39 is 24.4 Å². The van der Waals surface area contributed by atoms with Gasteiger partial charge in [0, 0.05) is 0 Å². The number of amides is 2. The van der Waals surface area contributed by atoms with Gasteiger partial charge in [-0.1, -0.05) is 19.9 Å². The van der Waals surface area contributed by atoms with E-state index in [0.29, 0.717) is 28.7 Å². The monoisotopic (exact) mass is 361 g/mol. The molecule has 2 rings (SSSR count). The van der Waals surface area contributed by atoms with Crippen molar-refractivity contribution >= 4 is 29.1 Å². The van der Waals surface area contributed by atoms with Crippen molar-refractivity contribution in [3.05, 3.63) is 52.2 Å². The van der Waals surface area contributed by atoms with E-state index >= 15 is 0 Å². The molecular weight excluding hydrogens is 342 g/mol. The largest absolute Gasteiger partial charge is 0.493 e. The molecule has 7 heteroatoms. The lowest BCUT2D eigenvalue weighted by molar-refractivity contribution is -0.123. The van der Waals surface area contributed by atoms with E-state index in [1.165, 1.54) is 11.3 Å². The Hall–Kier alpha value is -2.67. The number of thiophene rings is 1. The minimum Gasteiger partial charge on any atom is -0.493 e. The first-order chi connectivity index (χ1) is 12.0. The van der Waals surface area contributed by atoms with Gasteiger partial charge >= 0.3 is 5.97 Å². The van der Waals surface area contributed by atoms with Gasteiger partial charge < -0.3 is 9.47 Å². The van der Waals surface area contributed by atoms with E-state index in [-0.39, 0.29) is 0 Å². The van der Waals surface area contributed by atoms with E-state index in [4.69, 9.17) is 9.47 Å². The van der Waals surface area contributed by atoms with Crippen LogP contribution in [0.2, 0.25) is 0 Å². The number of carbonyl (C=O) groups excluding carboxylic acids is 3. The zero-order chi connectivity index (χ0) is 18.2. The first kappa shape index (κ1) is 18.7. The molecule has 0 bridgehead atoms. The molecule has 2 aromatic rings. The molecule has 0 saturated carbocycles. The standard InChI is InChI=1S/C18H19NO5S/c1-12(2)10-23-14-7-5-13(6-8-14)18(22)24-11-16(20)19-17(21)15-4-3-9-25-15/h3-9,12H,10-11H2,1-2H3,(H,19,20,21). The molecule has 132 valence electrons. The third-order valence-corrected chi connectivity index (χ3v) is 3.87. The molecule has 6 nitrogen and oxygen atoms in total. The lowest BCUT2D eigenvalue weighted by Crippen LogP contribution is -2.33. The molecule has 0 fully saturated rings. The van der Waals surface area contributed by atoms with Gasteiger partial charge in [0.2, 0.25) is 0 Å². The lowest BCUT2D eigenvalue weighted by Gasteiger charge is -2.09. The summed E-state index contributed by atoms with van der Waals surface area (Å²) in [7, 11) is 0. The highest BCUT2D eigenvalue weighted by Crippen LogP contribution is 2.14. The van der Waals surface area contributed by atoms with E-state index in [1.54, 1.807) is 41.8 Å². The maximum Gasteiger partial charge on any atom is 0.338 e. The number of nitrogens with one attached hydrogen (secondary N) is 1. The summed E-state index contributed by atoms with van der Waals surface area (Å²) in [5.74, 6) is -0.773. The number of benzene rings is 1. The summed E-state index contributed by atoms with van der Waals surface area (Å²) in [4.78, 5) is 35.7. The Morgan fingerprint density at radius 3 is 2.44 bits per heavy atom. The number of esters is 1. The van der Waals surface area contributed by atoms with Crippen LogP contribution in [0.1, 0.15) is 33.9 Å². The molecule has 0 atom stereocenters. The van der Waals surface area contributed by atoms with Crippen LogP contribution < -0.4 is 10.1 Å². The highest BCUT2D eigenvalue weighted by Gasteiger charge is 2.14. The van der Waals surface area contributed by atoms with Crippen molar-refractivity contribution in [1.82, 2.24) is 5.32 Å². The first-order valence-corrected chi connectivity index (χ1v) is 8.61. The van der Waals surface area contributed by atoms with Crippen LogP contribution in [0.25, 0.3) is 0 Å². The minimum absolute atomic E-state index is 0.300. The molecule has 1 N–H and O–H groups in total. The smallest absolute Gasteiger partial charge is 0.338 e. The Balaban J connectivity index is 1.79. The van der Waals surface area contributed by atoms with Crippen LogP contribution in [0, 0.1) is 5.92 Å². The van der Waals surface area contributed by atoms with E-state index in [9.17, 15) is 14.4 Å². The van der Waals surface area contributed by atoms with Crippen LogP contribution in [-0.2, 0) is 9.53 Å². The van der Waals surface area contributed by atoms with Gasteiger partial charge in [-0.15, -0.1) is 11.3 Å². The minimum atomic E-state index is -0.677. The van der Waals surface area contributed by atoms with E-state index in [1.807, 2.05) is 13.8 Å². The Morgan fingerprint density at radius 1 is 1.12 bits per heavy atom. The Bertz CT molecular complexity index is 722. The van der Waals surface area contributed by atoms with Crippen LogP contribution in [0.15, 0.2) is 41.8 Å². The number of imide groups is 1. The second-order valence-corrected chi connectivity index (χ2v) is 6.61. The number of rotatable bonds is 7. The fourth-order valence-corrected chi connectivity index (χ4v) is 2.42. The van der Waals surface area contributed by atoms with Crippen LogP contribution in [0.3, 0.4) is 0 Å². The SMILES string of the molecule is CC(C)COc1ccc(C(=O)OCC(=O)NC(=O)c2cccs2)cc1. The predicted octanol–water partition coefficient (Wildman–Crippen LogP) is 2.90. The highest BCUT2D eigenvalue weighted by molar-refractivity contribution is 7.12. The fraction of sp³-hybridized carbons (Fsp3) is 0.278. The van der Waals surface area contributed by atoms with Crippen molar-refractivity contribution in [2.75, 3.05) is 13.2 Å². The van der Waals surface area contributed by atoms with Crippen molar-refractivity contribution in [3.8, 4) is 5.75 Å². The van der Waals surface area contributed by atoms with Crippen molar-refractivity contribution in [2.45, 2.75) is 13.8 Å². The van der Waals surface area contributed by atoms with Crippen LogP contribution in [0.4, 0.5) is 0 Å². The molecule has 25 heavy (non-hydrogen) atoms. The van der Waals surface area contributed by atoms with E-state index in [2.05, 4.69) is 5.32 Å². The van der Waals surface area contributed by atoms with Crippen molar-refractivity contribution in [3.63, 3.8) is 0 Å². The van der Waals surface area contributed by atoms with Gasteiger partial charge in [-0.3, -0.25) is 14.9 Å². The molecule has 1 heterocycles. The summed E-state index contributed by atoms with van der Waals surface area (Å²) in [5, 5.41) is 3.89. The molecule has 0 unspecified atom stereocenters. The van der Waals surface area contributed by atoms with Crippen molar-refractivity contribution < 1.29 is 23.9 Å². The summed E-state index contributed by atoms with van der Waals surface area (Å²) in [6, 6.07) is 9.76. The Kier molecular flexibility index (Phi) is 6.71. The summed E-state index contributed by atoms with van der Waals surface area (Å²) in [6.07, 6.45) is 0. The summed E-state index contributed by atoms with van der Waals surface area (Å²) >= 11 is 1.22. The molecule has 0 spiro atoms. The number of ether oxygens (including phenoxy) is 2. The molecule has 1 aromatic carbocycles. The summed E-state index contributed by atoms with van der Waals surface area (Å²) in [5.41, 5.74) is 0.300. The molecule has 0 aliphatic rings. The molecule has 0 aliphatic carbocycles. The molecule has 0 aliphatic heterocycles. The average molecular weight is 361 g/mol. The molecule has 0 radical (unpaired) electrons. The second-order valence-electron chi connectivity index (χ2n) is 5.66. The van der Waals surface area contributed by atoms with Crippen LogP contribution in [0.5, 0.6) is 5.75 Å². The van der Waals surface area contributed by atoms with Gasteiger partial charge in [0.15, 0.2) is 6.61 Å².